The molecule has 1 N–H and O–H groups in total. The van der Waals surface area contributed by atoms with E-state index >= 15 is 0 Å². The number of benzene rings is 1. The van der Waals surface area contributed by atoms with Crippen LogP contribution in [0.25, 0.3) is 0 Å². The first kappa shape index (κ1) is 17.6. The molecule has 2 fully saturated rings. The number of hydrogen-bond acceptors (Lipinski definition) is 4. The molecule has 2 amide bonds. The van der Waals surface area contributed by atoms with Crippen LogP contribution >= 0.6 is 0 Å². The van der Waals surface area contributed by atoms with Crippen LogP contribution in [0.2, 0.25) is 0 Å². The maximum absolute atomic E-state index is 12.9. The Balaban J connectivity index is 1.64. The molecule has 1 aliphatic carbocycles. The van der Waals surface area contributed by atoms with Crippen molar-refractivity contribution in [2.75, 3.05) is 33.4 Å². The van der Waals surface area contributed by atoms with Crippen molar-refractivity contribution in [3.05, 3.63) is 29.8 Å². The second-order valence-electron chi connectivity index (χ2n) is 7.41. The van der Waals surface area contributed by atoms with Gasteiger partial charge in [0.15, 0.2) is 0 Å². The minimum Gasteiger partial charge on any atom is -0.497 e. The molecule has 1 aromatic carbocycles. The van der Waals surface area contributed by atoms with Gasteiger partial charge in [0.05, 0.1) is 19.1 Å². The van der Waals surface area contributed by atoms with Gasteiger partial charge in [0.2, 0.25) is 5.91 Å². The maximum Gasteiger partial charge on any atom is 0.409 e. The first-order valence-electron chi connectivity index (χ1n) is 8.75. The summed E-state index contributed by atoms with van der Waals surface area (Å²) in [6.07, 6.45) is 1.35. The Hall–Kier alpha value is -2.24. The fourth-order valence-electron chi connectivity index (χ4n) is 3.76. The number of rotatable bonds is 6. The molecule has 0 aromatic heterocycles. The lowest BCUT2D eigenvalue weighted by atomic mass is 9.87. The van der Waals surface area contributed by atoms with Gasteiger partial charge in [-0.2, -0.15) is 0 Å². The highest BCUT2D eigenvalue weighted by atomic mass is 16.6. The number of ether oxygens (including phenoxy) is 2. The molecule has 6 heteroatoms. The Bertz CT molecular complexity index is 656. The summed E-state index contributed by atoms with van der Waals surface area (Å²) in [7, 11) is 1.63. The molecule has 0 bridgehead atoms. The van der Waals surface area contributed by atoms with Crippen LogP contribution in [0.15, 0.2) is 24.3 Å². The molecule has 1 saturated carbocycles. The topological polar surface area (TPSA) is 67.9 Å². The van der Waals surface area contributed by atoms with Gasteiger partial charge in [-0.05, 0) is 36.0 Å². The second-order valence-corrected chi connectivity index (χ2v) is 7.41. The van der Waals surface area contributed by atoms with E-state index in [1.807, 2.05) is 24.3 Å². The fraction of sp³-hybridized carbons (Fsp3) is 0.579. The van der Waals surface area contributed by atoms with E-state index in [-0.39, 0.29) is 17.4 Å². The zero-order chi connectivity index (χ0) is 18.1. The molecule has 0 radical (unpaired) electrons. The minimum absolute atomic E-state index is 0.0213. The van der Waals surface area contributed by atoms with E-state index in [1.165, 1.54) is 0 Å². The Morgan fingerprint density at radius 3 is 2.56 bits per heavy atom. The molecule has 6 nitrogen and oxygen atoms in total. The highest BCUT2D eigenvalue weighted by molar-refractivity contribution is 5.93. The first-order chi connectivity index (χ1) is 11.9. The lowest BCUT2D eigenvalue weighted by Crippen LogP contribution is -2.45. The van der Waals surface area contributed by atoms with Gasteiger partial charge in [-0.25, -0.2) is 4.79 Å². The Kier molecular flexibility index (Phi) is 4.62. The summed E-state index contributed by atoms with van der Waals surface area (Å²) in [5.41, 5.74) is 0.408. The average Bonchev–Trinajstić information content (AvgIpc) is 3.20. The van der Waals surface area contributed by atoms with E-state index in [1.54, 1.807) is 12.0 Å². The fourth-order valence-corrected chi connectivity index (χ4v) is 3.76. The normalized spacial score (nSPS) is 24.4. The van der Waals surface area contributed by atoms with E-state index in [0.717, 1.165) is 24.2 Å². The molecular weight excluding hydrogens is 320 g/mol. The lowest BCUT2D eigenvalue weighted by Gasteiger charge is -2.27. The highest BCUT2D eigenvalue weighted by Gasteiger charge is 2.66. The zero-order valence-electron chi connectivity index (χ0n) is 15.1. The van der Waals surface area contributed by atoms with Gasteiger partial charge < -0.3 is 19.7 Å². The molecular formula is C19H26N2O4. The van der Waals surface area contributed by atoms with Crippen molar-refractivity contribution in [2.24, 2.45) is 5.41 Å². The summed E-state index contributed by atoms with van der Waals surface area (Å²) in [5, 5.41) is 3.02. The third-order valence-electron chi connectivity index (χ3n) is 5.43. The van der Waals surface area contributed by atoms with Crippen molar-refractivity contribution in [3.8, 4) is 5.75 Å². The van der Waals surface area contributed by atoms with E-state index in [9.17, 15) is 9.59 Å². The summed E-state index contributed by atoms with van der Waals surface area (Å²) in [6.45, 7) is 6.30. The van der Waals surface area contributed by atoms with Gasteiger partial charge in [-0.15, -0.1) is 0 Å². The second kappa shape index (κ2) is 6.58. The molecule has 3 rings (SSSR count). The van der Waals surface area contributed by atoms with E-state index in [2.05, 4.69) is 19.2 Å². The van der Waals surface area contributed by atoms with Gasteiger partial charge >= 0.3 is 6.09 Å². The number of carbonyl (C=O) groups is 2. The smallest absolute Gasteiger partial charge is 0.409 e. The molecule has 0 spiro atoms. The number of hydrogen-bond donors (Lipinski definition) is 1. The van der Waals surface area contributed by atoms with Crippen molar-refractivity contribution in [3.63, 3.8) is 0 Å². The van der Waals surface area contributed by atoms with Crippen molar-refractivity contribution in [1.82, 2.24) is 10.2 Å². The predicted molar refractivity (Wildman–Crippen MR) is 93.6 cm³/mol. The zero-order valence-corrected chi connectivity index (χ0v) is 15.1. The molecule has 1 unspecified atom stereocenters. The van der Waals surface area contributed by atoms with Crippen LogP contribution in [-0.2, 0) is 14.9 Å². The molecule has 1 saturated heterocycles. The van der Waals surface area contributed by atoms with Gasteiger partial charge in [0.25, 0.3) is 0 Å². The van der Waals surface area contributed by atoms with Gasteiger partial charge in [0.1, 0.15) is 5.75 Å². The molecule has 1 aromatic rings. The number of carbonyl (C=O) groups excluding carboxylic acids is 2. The summed E-state index contributed by atoms with van der Waals surface area (Å²) < 4.78 is 10.2. The monoisotopic (exact) mass is 346 g/mol. The highest BCUT2D eigenvalue weighted by Crippen LogP contribution is 2.64. The third-order valence-corrected chi connectivity index (χ3v) is 5.43. The standard InChI is InChI=1S/C19H26N2O4/c1-18(2)13-19(18,14-5-7-15(24-3)8-6-14)16(22)20-9-11-21-10-4-12-25-17(21)23/h5-8H,4,9-13H2,1-3H3,(H,20,22). The van der Waals surface area contributed by atoms with Crippen LogP contribution in [0, 0.1) is 5.41 Å². The maximum atomic E-state index is 12.9. The van der Waals surface area contributed by atoms with Crippen LogP contribution in [0.4, 0.5) is 4.79 Å². The summed E-state index contributed by atoms with van der Waals surface area (Å²) in [5.74, 6) is 0.800. The lowest BCUT2D eigenvalue weighted by molar-refractivity contribution is -0.124. The van der Waals surface area contributed by atoms with E-state index < -0.39 is 5.41 Å². The molecule has 2 aliphatic rings. The molecule has 1 atom stereocenters. The Morgan fingerprint density at radius 1 is 1.32 bits per heavy atom. The Labute approximate surface area is 148 Å². The van der Waals surface area contributed by atoms with Gasteiger partial charge in [-0.1, -0.05) is 26.0 Å². The molecule has 136 valence electrons. The minimum atomic E-state index is -0.512. The molecule has 1 aliphatic heterocycles. The number of nitrogens with zero attached hydrogens (tertiary/aromatic N) is 1. The van der Waals surface area contributed by atoms with Gasteiger partial charge in [0, 0.05) is 19.6 Å². The van der Waals surface area contributed by atoms with Crippen LogP contribution < -0.4 is 10.1 Å². The van der Waals surface area contributed by atoms with Crippen molar-refractivity contribution >= 4 is 12.0 Å². The Morgan fingerprint density at radius 2 is 2.00 bits per heavy atom. The van der Waals surface area contributed by atoms with Gasteiger partial charge in [-0.3, -0.25) is 4.79 Å². The number of nitrogens with one attached hydrogen (secondary N) is 1. The van der Waals surface area contributed by atoms with E-state index in [4.69, 9.17) is 9.47 Å². The third kappa shape index (κ3) is 3.17. The number of amides is 2. The van der Waals surface area contributed by atoms with Crippen molar-refractivity contribution < 1.29 is 19.1 Å². The van der Waals surface area contributed by atoms with Crippen LogP contribution in [0.3, 0.4) is 0 Å². The largest absolute Gasteiger partial charge is 0.497 e. The summed E-state index contributed by atoms with van der Waals surface area (Å²) in [6, 6.07) is 7.72. The number of cyclic esters (lactones) is 1. The predicted octanol–water partition coefficient (Wildman–Crippen LogP) is 2.32. The average molecular weight is 346 g/mol. The summed E-state index contributed by atoms with van der Waals surface area (Å²) in [4.78, 5) is 26.2. The molecule has 25 heavy (non-hydrogen) atoms. The van der Waals surface area contributed by atoms with Crippen LogP contribution in [-0.4, -0.2) is 50.3 Å². The van der Waals surface area contributed by atoms with Crippen molar-refractivity contribution in [2.45, 2.75) is 32.1 Å². The van der Waals surface area contributed by atoms with Crippen LogP contribution in [0.5, 0.6) is 5.75 Å². The van der Waals surface area contributed by atoms with Crippen LogP contribution in [0.1, 0.15) is 32.3 Å². The SMILES string of the molecule is COc1ccc(C2(C(=O)NCCN3CCCOC3=O)CC2(C)C)cc1. The quantitative estimate of drug-likeness (QED) is 0.858. The number of methoxy groups -OCH3 is 1. The first-order valence-corrected chi connectivity index (χ1v) is 8.75. The molecule has 1 heterocycles. The van der Waals surface area contributed by atoms with Crippen molar-refractivity contribution in [1.29, 1.82) is 0 Å². The summed E-state index contributed by atoms with van der Waals surface area (Å²) >= 11 is 0. The van der Waals surface area contributed by atoms with E-state index in [0.29, 0.717) is 26.2 Å².